The second-order valence-corrected chi connectivity index (χ2v) is 4.97. The van der Waals surface area contributed by atoms with E-state index in [0.717, 1.165) is 12.8 Å². The molecule has 1 atom stereocenters. The van der Waals surface area contributed by atoms with Crippen molar-refractivity contribution in [2.45, 2.75) is 59.0 Å². The van der Waals surface area contributed by atoms with Crippen LogP contribution < -0.4 is 0 Å². The minimum atomic E-state index is -0.952. The molecule has 0 aliphatic rings. The molecular formula is C12H22O4. The Labute approximate surface area is 97.0 Å². The summed E-state index contributed by atoms with van der Waals surface area (Å²) in [6, 6.07) is 0. The first-order valence-corrected chi connectivity index (χ1v) is 5.71. The summed E-state index contributed by atoms with van der Waals surface area (Å²) in [5, 5.41) is 8.72. The maximum atomic E-state index is 11.7. The van der Waals surface area contributed by atoms with E-state index in [9.17, 15) is 9.59 Å². The Bertz CT molecular complexity index is 240. The third-order valence-electron chi connectivity index (χ3n) is 2.07. The molecule has 1 unspecified atom stereocenters. The van der Waals surface area contributed by atoms with Crippen LogP contribution in [0.1, 0.15) is 53.4 Å². The summed E-state index contributed by atoms with van der Waals surface area (Å²) in [7, 11) is 0. The zero-order chi connectivity index (χ0) is 12.8. The van der Waals surface area contributed by atoms with Gasteiger partial charge < -0.3 is 9.84 Å². The number of aliphatic carboxylic acids is 1. The molecule has 4 nitrogen and oxygen atoms in total. The van der Waals surface area contributed by atoms with Crippen molar-refractivity contribution in [2.24, 2.45) is 5.92 Å². The van der Waals surface area contributed by atoms with Crippen LogP contribution in [0.5, 0.6) is 0 Å². The molecule has 0 saturated carbocycles. The highest BCUT2D eigenvalue weighted by atomic mass is 16.6. The van der Waals surface area contributed by atoms with Gasteiger partial charge in [0, 0.05) is 0 Å². The highest BCUT2D eigenvalue weighted by molar-refractivity contribution is 5.79. The zero-order valence-electron chi connectivity index (χ0n) is 10.6. The van der Waals surface area contributed by atoms with Crippen molar-refractivity contribution in [1.82, 2.24) is 0 Å². The maximum absolute atomic E-state index is 11.7. The van der Waals surface area contributed by atoms with E-state index in [-0.39, 0.29) is 6.42 Å². The lowest BCUT2D eigenvalue weighted by molar-refractivity contribution is -0.163. The summed E-state index contributed by atoms with van der Waals surface area (Å²) in [5.74, 6) is -1.87. The molecule has 0 fully saturated rings. The monoisotopic (exact) mass is 230 g/mol. The summed E-state index contributed by atoms with van der Waals surface area (Å²) in [4.78, 5) is 22.3. The Morgan fingerprint density at radius 3 is 2.25 bits per heavy atom. The third kappa shape index (κ3) is 7.26. The number of carboxylic acids is 1. The molecule has 0 bridgehead atoms. The van der Waals surface area contributed by atoms with Gasteiger partial charge in [-0.25, -0.2) is 0 Å². The lowest BCUT2D eigenvalue weighted by Crippen LogP contribution is -2.30. The average molecular weight is 230 g/mol. The second kappa shape index (κ2) is 6.51. The van der Waals surface area contributed by atoms with Gasteiger partial charge in [0.2, 0.25) is 0 Å². The highest BCUT2D eigenvalue weighted by Crippen LogP contribution is 2.18. The molecule has 0 aromatic rings. The van der Waals surface area contributed by atoms with Gasteiger partial charge in [-0.2, -0.15) is 0 Å². The van der Waals surface area contributed by atoms with Gasteiger partial charge in [0.05, 0.1) is 12.3 Å². The Balaban J connectivity index is 4.37. The maximum Gasteiger partial charge on any atom is 0.310 e. The predicted octanol–water partition coefficient (Wildman–Crippen LogP) is 2.61. The van der Waals surface area contributed by atoms with Crippen LogP contribution in [0, 0.1) is 5.92 Å². The van der Waals surface area contributed by atoms with E-state index in [2.05, 4.69) is 0 Å². The molecule has 16 heavy (non-hydrogen) atoms. The van der Waals surface area contributed by atoms with Gasteiger partial charge in [-0.1, -0.05) is 19.8 Å². The molecule has 0 aromatic carbocycles. The third-order valence-corrected chi connectivity index (χ3v) is 2.07. The summed E-state index contributed by atoms with van der Waals surface area (Å²) in [5.41, 5.74) is -0.556. The molecule has 0 spiro atoms. The standard InChI is InChI=1S/C12H22O4/c1-5-6-7-9(8-10(13)14)11(15)16-12(2,3)4/h9H,5-8H2,1-4H3,(H,13,14). The van der Waals surface area contributed by atoms with Crippen molar-refractivity contribution < 1.29 is 19.4 Å². The van der Waals surface area contributed by atoms with Crippen molar-refractivity contribution in [1.29, 1.82) is 0 Å². The van der Waals surface area contributed by atoms with E-state index >= 15 is 0 Å². The number of carboxylic acid groups (broad SMARTS) is 1. The summed E-state index contributed by atoms with van der Waals surface area (Å²) in [6.07, 6.45) is 2.22. The number of hydrogen-bond donors (Lipinski definition) is 1. The zero-order valence-corrected chi connectivity index (χ0v) is 10.6. The van der Waals surface area contributed by atoms with Gasteiger partial charge in [0.25, 0.3) is 0 Å². The van der Waals surface area contributed by atoms with Crippen LogP contribution in [0.4, 0.5) is 0 Å². The average Bonchev–Trinajstić information content (AvgIpc) is 2.08. The minimum Gasteiger partial charge on any atom is -0.481 e. The number of ether oxygens (including phenoxy) is 1. The van der Waals surface area contributed by atoms with E-state index in [0.29, 0.717) is 6.42 Å². The topological polar surface area (TPSA) is 63.6 Å². The normalized spacial score (nSPS) is 13.2. The molecule has 0 heterocycles. The van der Waals surface area contributed by atoms with Gasteiger partial charge >= 0.3 is 11.9 Å². The van der Waals surface area contributed by atoms with Crippen molar-refractivity contribution >= 4 is 11.9 Å². The number of carbonyl (C=O) groups excluding carboxylic acids is 1. The van der Waals surface area contributed by atoms with Gasteiger partial charge in [0.15, 0.2) is 0 Å². The van der Waals surface area contributed by atoms with E-state index < -0.39 is 23.5 Å². The van der Waals surface area contributed by atoms with Crippen LogP contribution in [0.25, 0.3) is 0 Å². The number of hydrogen-bond acceptors (Lipinski definition) is 3. The lowest BCUT2D eigenvalue weighted by Gasteiger charge is -2.23. The first kappa shape index (κ1) is 14.9. The fourth-order valence-corrected chi connectivity index (χ4v) is 1.35. The number of carbonyl (C=O) groups is 2. The number of rotatable bonds is 6. The second-order valence-electron chi connectivity index (χ2n) is 4.97. The van der Waals surface area contributed by atoms with Crippen LogP contribution in [0.15, 0.2) is 0 Å². The molecule has 1 N–H and O–H groups in total. The van der Waals surface area contributed by atoms with E-state index in [1.165, 1.54) is 0 Å². The van der Waals surface area contributed by atoms with Crippen molar-refractivity contribution in [3.63, 3.8) is 0 Å². The number of esters is 1. The molecule has 0 aliphatic heterocycles. The molecule has 4 heteroatoms. The van der Waals surface area contributed by atoms with Crippen molar-refractivity contribution in [3.8, 4) is 0 Å². The van der Waals surface area contributed by atoms with E-state index in [1.807, 2.05) is 6.92 Å². The van der Waals surface area contributed by atoms with E-state index in [4.69, 9.17) is 9.84 Å². The predicted molar refractivity (Wildman–Crippen MR) is 61.1 cm³/mol. The molecule has 0 amide bonds. The molecule has 0 radical (unpaired) electrons. The summed E-state index contributed by atoms with van der Waals surface area (Å²) in [6.45, 7) is 7.35. The van der Waals surface area contributed by atoms with Gasteiger partial charge in [0.1, 0.15) is 5.60 Å². The Kier molecular flexibility index (Phi) is 6.08. The van der Waals surface area contributed by atoms with Gasteiger partial charge in [-0.3, -0.25) is 9.59 Å². The summed E-state index contributed by atoms with van der Waals surface area (Å²) < 4.78 is 5.20. The summed E-state index contributed by atoms with van der Waals surface area (Å²) >= 11 is 0. The molecule has 0 rings (SSSR count). The fourth-order valence-electron chi connectivity index (χ4n) is 1.35. The molecular weight excluding hydrogens is 208 g/mol. The van der Waals surface area contributed by atoms with Crippen molar-refractivity contribution in [2.75, 3.05) is 0 Å². The number of unbranched alkanes of at least 4 members (excludes halogenated alkanes) is 1. The SMILES string of the molecule is CCCCC(CC(=O)O)C(=O)OC(C)(C)C. The van der Waals surface area contributed by atoms with Crippen LogP contribution in [0.2, 0.25) is 0 Å². The molecule has 0 aromatic heterocycles. The Hall–Kier alpha value is -1.06. The molecule has 0 aliphatic carbocycles. The van der Waals surface area contributed by atoms with E-state index in [1.54, 1.807) is 20.8 Å². The Morgan fingerprint density at radius 2 is 1.88 bits per heavy atom. The highest BCUT2D eigenvalue weighted by Gasteiger charge is 2.26. The fraction of sp³-hybridized carbons (Fsp3) is 0.833. The minimum absolute atomic E-state index is 0.144. The van der Waals surface area contributed by atoms with Crippen LogP contribution in [-0.4, -0.2) is 22.6 Å². The first-order chi connectivity index (χ1) is 7.26. The van der Waals surface area contributed by atoms with Crippen molar-refractivity contribution in [3.05, 3.63) is 0 Å². The molecule has 0 saturated heterocycles. The largest absolute Gasteiger partial charge is 0.481 e. The molecule has 94 valence electrons. The lowest BCUT2D eigenvalue weighted by atomic mass is 9.98. The quantitative estimate of drug-likeness (QED) is 0.712. The smallest absolute Gasteiger partial charge is 0.310 e. The van der Waals surface area contributed by atoms with Gasteiger partial charge in [-0.05, 0) is 27.2 Å². The Morgan fingerprint density at radius 1 is 1.31 bits per heavy atom. The van der Waals surface area contributed by atoms with Crippen LogP contribution in [-0.2, 0) is 14.3 Å². The van der Waals surface area contributed by atoms with Crippen LogP contribution >= 0.6 is 0 Å². The van der Waals surface area contributed by atoms with Gasteiger partial charge in [-0.15, -0.1) is 0 Å². The first-order valence-electron chi connectivity index (χ1n) is 5.71. The van der Waals surface area contributed by atoms with Crippen LogP contribution in [0.3, 0.4) is 0 Å².